The van der Waals surface area contributed by atoms with E-state index in [1.54, 1.807) is 7.11 Å². The lowest BCUT2D eigenvalue weighted by molar-refractivity contribution is -0.0454. The first-order chi connectivity index (χ1) is 20.9. The van der Waals surface area contributed by atoms with E-state index in [0.717, 1.165) is 50.3 Å². The number of nitrogens with zero attached hydrogens (tertiary/aromatic N) is 2. The Hall–Kier alpha value is -3.04. The summed E-state index contributed by atoms with van der Waals surface area (Å²) in [6.07, 6.45) is 10.0. The highest BCUT2D eigenvalue weighted by Gasteiger charge is 2.66. The number of likely N-dealkylation sites (N-methyl/N-ethyl adjacent to an activating group) is 2. The molecule has 2 fully saturated rings. The van der Waals surface area contributed by atoms with Crippen molar-refractivity contribution in [1.29, 1.82) is 0 Å². The first kappa shape index (κ1) is 25.3. The lowest BCUT2D eigenvalue weighted by Crippen LogP contribution is -2.64. The van der Waals surface area contributed by atoms with E-state index in [1.165, 1.54) is 22.3 Å². The van der Waals surface area contributed by atoms with E-state index in [4.69, 9.17) is 18.9 Å². The van der Waals surface area contributed by atoms with Crippen LogP contribution in [0.25, 0.3) is 0 Å². The van der Waals surface area contributed by atoms with Gasteiger partial charge in [-0.2, -0.15) is 0 Å². The average molecular weight is 583 g/mol. The van der Waals surface area contributed by atoms with E-state index in [2.05, 4.69) is 48.2 Å². The van der Waals surface area contributed by atoms with E-state index < -0.39 is 12.2 Å². The first-order valence-electron chi connectivity index (χ1n) is 15.9. The highest BCUT2D eigenvalue weighted by atomic mass is 16.6. The number of benzene rings is 2. The van der Waals surface area contributed by atoms with Crippen molar-refractivity contribution in [2.24, 2.45) is 11.8 Å². The predicted octanol–water partition coefficient (Wildman–Crippen LogP) is 3.10. The van der Waals surface area contributed by atoms with Crippen LogP contribution in [0.15, 0.2) is 42.5 Å². The molecule has 0 radical (unpaired) electrons. The number of hydrogen-bond donors (Lipinski definition) is 2. The molecule has 4 bridgehead atoms. The normalized spacial score (nSPS) is 42.2. The van der Waals surface area contributed by atoms with Crippen molar-refractivity contribution in [2.45, 2.75) is 73.0 Å². The summed E-state index contributed by atoms with van der Waals surface area (Å²) in [6, 6.07) is 7.11. The third kappa shape index (κ3) is 2.80. The zero-order chi connectivity index (χ0) is 29.0. The lowest BCUT2D eigenvalue weighted by Gasteiger charge is -2.56. The summed E-state index contributed by atoms with van der Waals surface area (Å²) in [5.41, 5.74) is 4.42. The van der Waals surface area contributed by atoms with E-state index in [0.29, 0.717) is 35.3 Å². The van der Waals surface area contributed by atoms with Crippen LogP contribution in [0.5, 0.6) is 28.7 Å². The summed E-state index contributed by atoms with van der Waals surface area (Å²) in [5, 5.41) is 22.3. The van der Waals surface area contributed by atoms with Crippen LogP contribution in [0.1, 0.15) is 35.1 Å². The highest BCUT2D eigenvalue weighted by molar-refractivity contribution is 5.69. The number of aliphatic hydroxyl groups is 2. The summed E-state index contributed by atoms with van der Waals surface area (Å²) in [6.45, 7) is 1.95. The van der Waals surface area contributed by atoms with E-state index in [-0.39, 0.29) is 29.0 Å². The number of ether oxygens (including phenoxy) is 4. The molecule has 2 spiro atoms. The molecule has 2 saturated heterocycles. The summed E-state index contributed by atoms with van der Waals surface area (Å²) >= 11 is 0. The van der Waals surface area contributed by atoms with Gasteiger partial charge < -0.3 is 39.0 Å². The molecule has 0 unspecified atom stereocenters. The molecule has 4 aliphatic heterocycles. The minimum absolute atomic E-state index is 0.250. The number of likely N-dealkylation sites (tertiary alicyclic amines) is 2. The Morgan fingerprint density at radius 2 is 1.35 bits per heavy atom. The monoisotopic (exact) mass is 582 g/mol. The molecular formula is C35H38N2O6. The lowest BCUT2D eigenvalue weighted by atomic mass is 9.53. The molecule has 10 atom stereocenters. The number of hydrogen-bond acceptors (Lipinski definition) is 8. The van der Waals surface area contributed by atoms with Gasteiger partial charge >= 0.3 is 0 Å². The third-order valence-corrected chi connectivity index (χ3v) is 12.8. The molecule has 0 aromatic heterocycles. The summed E-state index contributed by atoms with van der Waals surface area (Å²) < 4.78 is 26.4. The van der Waals surface area contributed by atoms with Crippen molar-refractivity contribution in [3.8, 4) is 28.7 Å². The van der Waals surface area contributed by atoms with Crippen molar-refractivity contribution in [3.63, 3.8) is 0 Å². The van der Waals surface area contributed by atoms with Crippen LogP contribution < -0.4 is 18.9 Å². The van der Waals surface area contributed by atoms with Gasteiger partial charge in [0.25, 0.3) is 0 Å². The molecule has 8 heteroatoms. The zero-order valence-electron chi connectivity index (χ0n) is 24.8. The minimum atomic E-state index is -0.670. The van der Waals surface area contributed by atoms with E-state index >= 15 is 0 Å². The number of methoxy groups -OCH3 is 1. The Balaban J connectivity index is 1.12. The smallest absolute Gasteiger partial charge is 0.204 e. The second-order valence-corrected chi connectivity index (χ2v) is 14.3. The van der Waals surface area contributed by atoms with Crippen LogP contribution >= 0.6 is 0 Å². The molecule has 0 saturated carbocycles. The molecule has 8 nitrogen and oxygen atoms in total. The van der Waals surface area contributed by atoms with Crippen LogP contribution in [0.3, 0.4) is 0 Å². The van der Waals surface area contributed by atoms with Crippen LogP contribution in [0.4, 0.5) is 0 Å². The van der Waals surface area contributed by atoms with Crippen molar-refractivity contribution in [3.05, 3.63) is 64.8 Å². The van der Waals surface area contributed by atoms with E-state index in [9.17, 15) is 10.2 Å². The summed E-state index contributed by atoms with van der Waals surface area (Å²) in [7, 11) is 6.10. The molecular weight excluding hydrogens is 544 g/mol. The number of rotatable bonds is 3. The quantitative estimate of drug-likeness (QED) is 0.535. The maximum atomic E-state index is 11.2. The first-order valence-corrected chi connectivity index (χ1v) is 15.9. The molecule has 4 heterocycles. The molecule has 224 valence electrons. The minimum Gasteiger partial charge on any atom is -0.490 e. The van der Waals surface area contributed by atoms with Gasteiger partial charge in [-0.25, -0.2) is 0 Å². The topological polar surface area (TPSA) is 83.9 Å². The summed E-state index contributed by atoms with van der Waals surface area (Å²) in [5.74, 6) is 3.89. The van der Waals surface area contributed by atoms with Crippen molar-refractivity contribution < 1.29 is 29.2 Å². The van der Waals surface area contributed by atoms with Crippen LogP contribution in [0.2, 0.25) is 0 Å². The third-order valence-electron chi connectivity index (χ3n) is 12.8. The van der Waals surface area contributed by atoms with Gasteiger partial charge in [-0.05, 0) is 76.1 Å². The zero-order valence-corrected chi connectivity index (χ0v) is 24.8. The largest absolute Gasteiger partial charge is 0.490 e. The van der Waals surface area contributed by atoms with Gasteiger partial charge in [0.05, 0.1) is 7.11 Å². The Labute approximate surface area is 251 Å². The highest BCUT2D eigenvalue weighted by Crippen LogP contribution is 2.66. The second kappa shape index (κ2) is 8.16. The Morgan fingerprint density at radius 3 is 1.98 bits per heavy atom. The van der Waals surface area contributed by atoms with Gasteiger partial charge in [0.2, 0.25) is 5.75 Å². The fourth-order valence-corrected chi connectivity index (χ4v) is 11.0. The van der Waals surface area contributed by atoms with Crippen molar-refractivity contribution in [1.82, 2.24) is 9.80 Å². The molecule has 0 amide bonds. The molecule has 10 rings (SSSR count). The average Bonchev–Trinajstić information content (AvgIpc) is 3.54. The Morgan fingerprint density at radius 1 is 0.767 bits per heavy atom. The second-order valence-electron chi connectivity index (χ2n) is 14.3. The molecule has 4 aliphatic carbocycles. The molecule has 43 heavy (non-hydrogen) atoms. The van der Waals surface area contributed by atoms with Gasteiger partial charge in [0.1, 0.15) is 24.4 Å². The fraction of sp³-hybridized carbons (Fsp3) is 0.543. The Kier molecular flexibility index (Phi) is 4.80. The Bertz CT molecular complexity index is 1650. The molecule has 2 N–H and O–H groups in total. The van der Waals surface area contributed by atoms with E-state index in [1.807, 2.05) is 18.2 Å². The van der Waals surface area contributed by atoms with Gasteiger partial charge in [-0.1, -0.05) is 30.4 Å². The maximum absolute atomic E-state index is 11.2. The molecule has 2 aromatic carbocycles. The molecule has 2 aromatic rings. The van der Waals surface area contributed by atoms with Crippen LogP contribution in [-0.4, -0.2) is 90.8 Å². The fourth-order valence-electron chi connectivity index (χ4n) is 11.0. The number of piperidine rings is 2. The predicted molar refractivity (Wildman–Crippen MR) is 158 cm³/mol. The van der Waals surface area contributed by atoms with Crippen LogP contribution in [-0.2, 0) is 23.7 Å². The summed E-state index contributed by atoms with van der Waals surface area (Å²) in [4.78, 5) is 4.94. The maximum Gasteiger partial charge on any atom is 0.204 e. The van der Waals surface area contributed by atoms with Gasteiger partial charge in [0, 0.05) is 45.9 Å². The standard InChI is InChI=1S/C35H38N2O6/c1-36-12-10-34-19-5-7-23(38)32(34)42-29-25(9-4-17(27(29)34)14-21(19)36)41-26-16-18-15-22-20-6-8-24(39)33-35(20,11-13-37(22)2)28(18)31(43-33)30(26)40-3/h4-9,16,19-24,32-33,38-39H,10-15H2,1-3H3/t19-,20-,21+,22+,23+,24+,32+,33+,34-,35-/m0/s1. The van der Waals surface area contributed by atoms with Crippen molar-refractivity contribution in [2.75, 3.05) is 34.3 Å². The van der Waals surface area contributed by atoms with Crippen molar-refractivity contribution >= 4 is 0 Å². The van der Waals surface area contributed by atoms with Crippen LogP contribution in [0, 0.1) is 11.8 Å². The van der Waals surface area contributed by atoms with Gasteiger partial charge in [0.15, 0.2) is 23.0 Å². The van der Waals surface area contributed by atoms with Gasteiger partial charge in [-0.15, -0.1) is 0 Å². The molecule has 8 aliphatic rings. The number of aliphatic hydroxyl groups excluding tert-OH is 2. The SMILES string of the molecule is COc1c(Oc2ccc3c4c2O[C@@H]2[C@H](O)C=C[C@H]5[C@@H](C3)N(C)CC[C@]425)cc2c3c1O[C@@H]1[C@H](O)C=C[C@H]4[C@@H](C2)N(C)CC[C@]314. The van der Waals surface area contributed by atoms with Gasteiger partial charge in [-0.3, -0.25) is 0 Å².